The summed E-state index contributed by atoms with van der Waals surface area (Å²) in [5, 5.41) is 3.39. The number of likely N-dealkylation sites (tertiary alicyclic amines) is 1. The largest absolute Gasteiger partial charge is 0.435 e. The number of rotatable bonds is 3. The van der Waals surface area contributed by atoms with Crippen LogP contribution in [0, 0.1) is 0 Å². The van der Waals surface area contributed by atoms with Gasteiger partial charge in [-0.1, -0.05) is 12.1 Å². The van der Waals surface area contributed by atoms with Crippen molar-refractivity contribution < 1.29 is 22.4 Å². The molecule has 3 heterocycles. The number of amides is 1. The molecule has 1 aliphatic rings. The van der Waals surface area contributed by atoms with E-state index in [0.717, 1.165) is 16.9 Å². The van der Waals surface area contributed by atoms with E-state index >= 15 is 0 Å². The van der Waals surface area contributed by atoms with E-state index in [0.29, 0.717) is 24.1 Å². The highest BCUT2D eigenvalue weighted by molar-refractivity contribution is 5.76. The first-order valence-electron chi connectivity index (χ1n) is 8.31. The van der Waals surface area contributed by atoms with Crippen molar-refractivity contribution in [3.8, 4) is 0 Å². The van der Waals surface area contributed by atoms with E-state index in [9.17, 15) is 22.8 Å². The lowest BCUT2D eigenvalue weighted by Crippen LogP contribution is -2.33. The summed E-state index contributed by atoms with van der Waals surface area (Å²) in [5.74, 6) is -0.840. The number of halogens is 3. The highest BCUT2D eigenvalue weighted by Crippen LogP contribution is 2.28. The number of hydrogen-bond donors (Lipinski definition) is 0. The third-order valence-corrected chi connectivity index (χ3v) is 4.63. The second-order valence-corrected chi connectivity index (χ2v) is 6.38. The first-order chi connectivity index (χ1) is 12.8. The van der Waals surface area contributed by atoms with E-state index in [1.54, 1.807) is 24.3 Å². The van der Waals surface area contributed by atoms with Crippen molar-refractivity contribution in [3.05, 3.63) is 52.8 Å². The van der Waals surface area contributed by atoms with Gasteiger partial charge in [0.2, 0.25) is 5.91 Å². The third kappa shape index (κ3) is 3.22. The molecule has 7 nitrogen and oxygen atoms in total. The van der Waals surface area contributed by atoms with Gasteiger partial charge in [-0.05, 0) is 24.6 Å². The van der Waals surface area contributed by atoms with Gasteiger partial charge in [0.15, 0.2) is 11.3 Å². The van der Waals surface area contributed by atoms with Crippen LogP contribution in [0.25, 0.3) is 11.1 Å². The molecule has 27 heavy (non-hydrogen) atoms. The van der Waals surface area contributed by atoms with Crippen LogP contribution in [0.2, 0.25) is 0 Å². The molecule has 0 bridgehead atoms. The van der Waals surface area contributed by atoms with Gasteiger partial charge in [-0.15, -0.1) is 0 Å². The molecule has 142 valence electrons. The summed E-state index contributed by atoms with van der Waals surface area (Å²) < 4.78 is 45.5. The van der Waals surface area contributed by atoms with Crippen molar-refractivity contribution in [2.45, 2.75) is 25.2 Å². The van der Waals surface area contributed by atoms with Gasteiger partial charge in [0.1, 0.15) is 6.54 Å². The summed E-state index contributed by atoms with van der Waals surface area (Å²) in [6.45, 7) is 0.405. The Morgan fingerprint density at radius 2 is 2.04 bits per heavy atom. The number of nitrogens with zero attached hydrogens (tertiary/aromatic N) is 4. The molecule has 0 radical (unpaired) electrons. The number of benzene rings is 1. The van der Waals surface area contributed by atoms with Crippen LogP contribution >= 0.6 is 0 Å². The highest BCUT2D eigenvalue weighted by Gasteiger charge is 2.34. The predicted octanol–water partition coefficient (Wildman–Crippen LogP) is 2.28. The Bertz CT molecular complexity index is 1050. The number of oxazole rings is 1. The Labute approximate surface area is 150 Å². The van der Waals surface area contributed by atoms with E-state index in [-0.39, 0.29) is 25.0 Å². The number of carbonyl (C=O) groups is 1. The van der Waals surface area contributed by atoms with Crippen molar-refractivity contribution in [1.29, 1.82) is 0 Å². The maximum Gasteiger partial charge on any atom is 0.435 e. The Morgan fingerprint density at radius 1 is 1.26 bits per heavy atom. The summed E-state index contributed by atoms with van der Waals surface area (Å²) in [6, 6.07) is 7.61. The lowest BCUT2D eigenvalue weighted by Gasteiger charge is -2.17. The first-order valence-corrected chi connectivity index (χ1v) is 8.31. The van der Waals surface area contributed by atoms with Crippen molar-refractivity contribution in [2.75, 3.05) is 13.1 Å². The van der Waals surface area contributed by atoms with Crippen LogP contribution in [-0.2, 0) is 17.5 Å². The Kier molecular flexibility index (Phi) is 4.05. The minimum Gasteiger partial charge on any atom is -0.408 e. The third-order valence-electron chi connectivity index (χ3n) is 4.63. The molecule has 0 N–H and O–H groups in total. The minimum atomic E-state index is -4.55. The zero-order valence-corrected chi connectivity index (χ0v) is 14.0. The molecular weight excluding hydrogens is 365 g/mol. The second-order valence-electron chi connectivity index (χ2n) is 6.38. The van der Waals surface area contributed by atoms with Crippen LogP contribution in [0.5, 0.6) is 0 Å². The average molecular weight is 380 g/mol. The number of aromatic nitrogens is 3. The Morgan fingerprint density at radius 3 is 2.78 bits per heavy atom. The molecular formula is C17H15F3N4O3. The smallest absolute Gasteiger partial charge is 0.408 e. The lowest BCUT2D eigenvalue weighted by atomic mass is 10.2. The SMILES string of the molecule is O=C(Cn1ccc(C(F)(F)F)n1)N1CCC(n2c(=O)oc3ccccc32)C1. The van der Waals surface area contributed by atoms with Gasteiger partial charge in [0.25, 0.3) is 0 Å². The second kappa shape index (κ2) is 6.29. The molecule has 3 aromatic rings. The number of para-hydroxylation sites is 2. The fourth-order valence-corrected chi connectivity index (χ4v) is 3.35. The van der Waals surface area contributed by atoms with Crippen LogP contribution in [0.15, 0.2) is 45.7 Å². The molecule has 1 unspecified atom stereocenters. The van der Waals surface area contributed by atoms with E-state index in [1.165, 1.54) is 9.47 Å². The monoisotopic (exact) mass is 380 g/mol. The van der Waals surface area contributed by atoms with Gasteiger partial charge in [-0.25, -0.2) is 4.79 Å². The molecule has 0 spiro atoms. The summed E-state index contributed by atoms with van der Waals surface area (Å²) in [5.41, 5.74) is 0.0956. The van der Waals surface area contributed by atoms with Crippen LogP contribution in [0.1, 0.15) is 18.2 Å². The fraction of sp³-hybridized carbons (Fsp3) is 0.353. The van der Waals surface area contributed by atoms with E-state index < -0.39 is 17.6 Å². The molecule has 1 amide bonds. The minimum absolute atomic E-state index is 0.242. The standard InChI is InChI=1S/C17H15F3N4O3/c18-17(19,20)14-6-8-23(21-14)10-15(25)22-7-5-11(9-22)24-12-3-1-2-4-13(12)27-16(24)26/h1-4,6,8,11H,5,7,9-10H2. The lowest BCUT2D eigenvalue weighted by molar-refractivity contribution is -0.142. The van der Waals surface area contributed by atoms with Gasteiger partial charge in [0, 0.05) is 19.3 Å². The van der Waals surface area contributed by atoms with Crippen molar-refractivity contribution in [1.82, 2.24) is 19.2 Å². The summed E-state index contributed by atoms with van der Waals surface area (Å²) in [4.78, 5) is 26.1. The van der Waals surface area contributed by atoms with E-state index in [1.807, 2.05) is 0 Å². The van der Waals surface area contributed by atoms with Crippen LogP contribution in [0.3, 0.4) is 0 Å². The van der Waals surface area contributed by atoms with Crippen LogP contribution in [0.4, 0.5) is 13.2 Å². The fourth-order valence-electron chi connectivity index (χ4n) is 3.35. The maximum atomic E-state index is 12.6. The Balaban J connectivity index is 1.48. The number of fused-ring (bicyclic) bond motifs is 1. The van der Waals surface area contributed by atoms with Gasteiger partial charge >= 0.3 is 11.9 Å². The van der Waals surface area contributed by atoms with Crippen molar-refractivity contribution in [2.24, 2.45) is 0 Å². The predicted molar refractivity (Wildman–Crippen MR) is 87.9 cm³/mol. The van der Waals surface area contributed by atoms with Gasteiger partial charge in [0.05, 0.1) is 11.6 Å². The number of carbonyl (C=O) groups excluding carboxylic acids is 1. The number of alkyl halides is 3. The van der Waals surface area contributed by atoms with Gasteiger partial charge in [-0.2, -0.15) is 18.3 Å². The average Bonchev–Trinajstić information content (AvgIpc) is 3.30. The molecule has 1 saturated heterocycles. The molecule has 4 rings (SSSR count). The van der Waals surface area contributed by atoms with Gasteiger partial charge in [-0.3, -0.25) is 14.0 Å². The molecule has 1 fully saturated rings. The molecule has 2 aromatic heterocycles. The van der Waals surface area contributed by atoms with E-state index in [2.05, 4.69) is 5.10 Å². The molecule has 0 saturated carbocycles. The molecule has 10 heteroatoms. The zero-order valence-electron chi connectivity index (χ0n) is 14.0. The summed E-state index contributed by atoms with van der Waals surface area (Å²) >= 11 is 0. The Hall–Kier alpha value is -3.04. The maximum absolute atomic E-state index is 12.6. The molecule has 1 aliphatic heterocycles. The topological polar surface area (TPSA) is 73.3 Å². The summed E-state index contributed by atoms with van der Waals surface area (Å²) in [6.07, 6.45) is -2.86. The van der Waals surface area contributed by atoms with Crippen LogP contribution in [-0.4, -0.2) is 38.2 Å². The van der Waals surface area contributed by atoms with Crippen molar-refractivity contribution in [3.63, 3.8) is 0 Å². The van der Waals surface area contributed by atoms with Gasteiger partial charge < -0.3 is 9.32 Å². The number of hydrogen-bond acceptors (Lipinski definition) is 4. The molecule has 1 atom stereocenters. The quantitative estimate of drug-likeness (QED) is 0.699. The van der Waals surface area contributed by atoms with E-state index in [4.69, 9.17) is 4.42 Å². The first kappa shape index (κ1) is 17.4. The molecule has 1 aromatic carbocycles. The molecule has 0 aliphatic carbocycles. The summed E-state index contributed by atoms with van der Waals surface area (Å²) in [7, 11) is 0. The normalized spacial score (nSPS) is 17.7. The highest BCUT2D eigenvalue weighted by atomic mass is 19.4. The van der Waals surface area contributed by atoms with Crippen molar-refractivity contribution >= 4 is 17.0 Å². The van der Waals surface area contributed by atoms with Crippen LogP contribution < -0.4 is 5.76 Å². The zero-order chi connectivity index (χ0) is 19.2.